The van der Waals surface area contributed by atoms with Gasteiger partial charge in [0, 0.05) is 37.8 Å². The molecule has 2 unspecified atom stereocenters. The molecule has 2 saturated heterocycles. The molecule has 3 rings (SSSR count). The standard InChI is InChI=1S/C21H39N7O2/c1-5-20(3)14-27(11-12-28(20)16-6-8-23-9-7-16)17-15(2)26-21(4,18(22)25-17)19(30)24-10-13-29/h16,23,26,29H,5-14H2,1-4H3,(H2,22,25)(H,24,30). The first-order valence-corrected chi connectivity index (χ1v) is 11.2. The van der Waals surface area contributed by atoms with Gasteiger partial charge in [-0.2, -0.15) is 0 Å². The fourth-order valence-corrected chi connectivity index (χ4v) is 4.95. The van der Waals surface area contributed by atoms with Crippen molar-refractivity contribution in [1.82, 2.24) is 25.8 Å². The molecular weight excluding hydrogens is 382 g/mol. The molecule has 1 amide bonds. The van der Waals surface area contributed by atoms with Gasteiger partial charge in [0.15, 0.2) is 5.54 Å². The van der Waals surface area contributed by atoms with Gasteiger partial charge >= 0.3 is 0 Å². The molecule has 0 aliphatic carbocycles. The van der Waals surface area contributed by atoms with Crippen LogP contribution in [-0.2, 0) is 4.79 Å². The second-order valence-corrected chi connectivity index (χ2v) is 9.12. The first kappa shape index (κ1) is 22.8. The Labute approximate surface area is 180 Å². The van der Waals surface area contributed by atoms with Gasteiger partial charge in [0.05, 0.1) is 12.3 Å². The predicted octanol–water partition coefficient (Wildman–Crippen LogP) is -0.459. The van der Waals surface area contributed by atoms with Crippen LogP contribution in [0.25, 0.3) is 0 Å². The average molecular weight is 422 g/mol. The maximum atomic E-state index is 12.6. The fraction of sp³-hybridized carbons (Fsp3) is 0.810. The van der Waals surface area contributed by atoms with Gasteiger partial charge in [0.25, 0.3) is 5.91 Å². The second-order valence-electron chi connectivity index (χ2n) is 9.12. The number of piperidine rings is 1. The maximum absolute atomic E-state index is 12.6. The van der Waals surface area contributed by atoms with Gasteiger partial charge in [-0.05, 0) is 53.1 Å². The number of carbonyl (C=O) groups is 1. The van der Waals surface area contributed by atoms with E-state index in [-0.39, 0.29) is 30.4 Å². The number of piperazine rings is 1. The summed E-state index contributed by atoms with van der Waals surface area (Å²) in [5.74, 6) is 0.785. The van der Waals surface area contributed by atoms with Crippen molar-refractivity contribution < 1.29 is 9.90 Å². The van der Waals surface area contributed by atoms with E-state index in [0.717, 1.165) is 50.7 Å². The predicted molar refractivity (Wildman–Crippen MR) is 119 cm³/mol. The molecule has 0 aromatic carbocycles. The van der Waals surface area contributed by atoms with E-state index in [9.17, 15) is 4.79 Å². The van der Waals surface area contributed by atoms with Crippen LogP contribution >= 0.6 is 0 Å². The third-order valence-corrected chi connectivity index (χ3v) is 7.01. The summed E-state index contributed by atoms with van der Waals surface area (Å²) >= 11 is 0. The molecule has 170 valence electrons. The number of carbonyl (C=O) groups excluding carboxylic acids is 1. The van der Waals surface area contributed by atoms with E-state index in [1.807, 2.05) is 6.92 Å². The zero-order chi connectivity index (χ0) is 21.9. The number of amides is 1. The van der Waals surface area contributed by atoms with Crippen LogP contribution in [0, 0.1) is 0 Å². The van der Waals surface area contributed by atoms with Crippen molar-refractivity contribution in [2.75, 3.05) is 45.9 Å². The quantitative estimate of drug-likeness (QED) is 0.394. The lowest BCUT2D eigenvalue weighted by atomic mass is 9.88. The highest BCUT2D eigenvalue weighted by Crippen LogP contribution is 2.33. The third-order valence-electron chi connectivity index (χ3n) is 7.01. The molecule has 0 bridgehead atoms. The minimum Gasteiger partial charge on any atom is -0.395 e. The number of hydrogen-bond acceptors (Lipinski definition) is 8. The molecule has 0 aromatic rings. The van der Waals surface area contributed by atoms with Gasteiger partial charge in [0.2, 0.25) is 0 Å². The molecule has 3 aliphatic heterocycles. The van der Waals surface area contributed by atoms with Gasteiger partial charge in [0.1, 0.15) is 11.7 Å². The maximum Gasteiger partial charge on any atom is 0.253 e. The lowest BCUT2D eigenvalue weighted by Crippen LogP contribution is -2.66. The van der Waals surface area contributed by atoms with E-state index >= 15 is 0 Å². The number of allylic oxidation sites excluding steroid dienone is 1. The smallest absolute Gasteiger partial charge is 0.253 e. The number of amidine groups is 1. The number of aliphatic imine (C=N–C) groups is 1. The molecule has 2 fully saturated rings. The summed E-state index contributed by atoms with van der Waals surface area (Å²) < 4.78 is 0. The van der Waals surface area contributed by atoms with Crippen LogP contribution < -0.4 is 21.7 Å². The highest BCUT2D eigenvalue weighted by atomic mass is 16.3. The zero-order valence-corrected chi connectivity index (χ0v) is 18.9. The van der Waals surface area contributed by atoms with E-state index in [2.05, 4.69) is 39.6 Å². The molecule has 9 heteroatoms. The van der Waals surface area contributed by atoms with Gasteiger partial charge in [-0.1, -0.05) is 6.92 Å². The van der Waals surface area contributed by atoms with Crippen LogP contribution in [0.3, 0.4) is 0 Å². The Morgan fingerprint density at radius 2 is 2.03 bits per heavy atom. The highest BCUT2D eigenvalue weighted by molar-refractivity contribution is 6.12. The molecule has 6 N–H and O–H groups in total. The molecule has 2 atom stereocenters. The average Bonchev–Trinajstić information content (AvgIpc) is 2.75. The molecule has 0 radical (unpaired) electrons. The van der Waals surface area contributed by atoms with Crippen LogP contribution in [0.15, 0.2) is 16.5 Å². The van der Waals surface area contributed by atoms with Crippen molar-refractivity contribution in [2.24, 2.45) is 10.7 Å². The number of rotatable bonds is 6. The molecule has 9 nitrogen and oxygen atoms in total. The third kappa shape index (κ3) is 4.29. The van der Waals surface area contributed by atoms with Crippen molar-refractivity contribution in [2.45, 2.75) is 64.1 Å². The molecular formula is C21H39N7O2. The fourth-order valence-electron chi connectivity index (χ4n) is 4.95. The van der Waals surface area contributed by atoms with Crippen molar-refractivity contribution in [3.8, 4) is 0 Å². The number of aliphatic hydroxyl groups is 1. The lowest BCUT2D eigenvalue weighted by molar-refractivity contribution is -0.124. The summed E-state index contributed by atoms with van der Waals surface area (Å²) in [5, 5.41) is 18.4. The van der Waals surface area contributed by atoms with Crippen LogP contribution in [0.1, 0.15) is 47.0 Å². The summed E-state index contributed by atoms with van der Waals surface area (Å²) in [4.78, 5) is 22.3. The Morgan fingerprint density at radius 3 is 2.67 bits per heavy atom. The molecule has 0 aromatic heterocycles. The Bertz CT molecular complexity index is 703. The SMILES string of the molecule is CCC1(C)CN(C2=C(C)NC(C)(C(=O)NCCO)C(N)=N2)CCN1C1CCNCC1. The van der Waals surface area contributed by atoms with Crippen molar-refractivity contribution in [1.29, 1.82) is 0 Å². The van der Waals surface area contributed by atoms with Crippen LogP contribution in [0.5, 0.6) is 0 Å². The number of hydrogen-bond donors (Lipinski definition) is 5. The summed E-state index contributed by atoms with van der Waals surface area (Å²) in [6.07, 6.45) is 3.46. The monoisotopic (exact) mass is 421 g/mol. The van der Waals surface area contributed by atoms with Gasteiger partial charge in [-0.3, -0.25) is 9.69 Å². The Balaban J connectivity index is 1.76. The number of nitrogens with one attached hydrogen (secondary N) is 3. The normalized spacial score (nSPS) is 31.4. The Hall–Kier alpha value is -1.84. The molecule has 3 aliphatic rings. The largest absolute Gasteiger partial charge is 0.395 e. The summed E-state index contributed by atoms with van der Waals surface area (Å²) in [6.45, 7) is 13.3. The van der Waals surface area contributed by atoms with Crippen molar-refractivity contribution >= 4 is 11.7 Å². The van der Waals surface area contributed by atoms with Crippen molar-refractivity contribution in [3.05, 3.63) is 11.5 Å². The Kier molecular flexibility index (Phi) is 6.94. The van der Waals surface area contributed by atoms with E-state index in [0.29, 0.717) is 6.04 Å². The van der Waals surface area contributed by atoms with Crippen LogP contribution in [-0.4, -0.2) is 89.6 Å². The van der Waals surface area contributed by atoms with Gasteiger partial charge < -0.3 is 31.7 Å². The summed E-state index contributed by atoms with van der Waals surface area (Å²) in [6, 6.07) is 0.630. The minimum atomic E-state index is -1.12. The minimum absolute atomic E-state index is 0.0665. The Morgan fingerprint density at radius 1 is 1.33 bits per heavy atom. The van der Waals surface area contributed by atoms with E-state index < -0.39 is 5.54 Å². The van der Waals surface area contributed by atoms with E-state index in [4.69, 9.17) is 15.8 Å². The molecule has 0 saturated carbocycles. The first-order valence-electron chi connectivity index (χ1n) is 11.2. The highest BCUT2D eigenvalue weighted by Gasteiger charge is 2.44. The topological polar surface area (TPSA) is 118 Å². The first-order chi connectivity index (χ1) is 14.2. The number of aliphatic hydroxyl groups excluding tert-OH is 1. The van der Waals surface area contributed by atoms with Gasteiger partial charge in [-0.25, -0.2) is 4.99 Å². The van der Waals surface area contributed by atoms with Gasteiger partial charge in [-0.15, -0.1) is 0 Å². The van der Waals surface area contributed by atoms with Crippen LogP contribution in [0.2, 0.25) is 0 Å². The summed E-state index contributed by atoms with van der Waals surface area (Å²) in [7, 11) is 0. The van der Waals surface area contributed by atoms with Crippen LogP contribution in [0.4, 0.5) is 0 Å². The summed E-state index contributed by atoms with van der Waals surface area (Å²) in [5.41, 5.74) is 6.07. The second kappa shape index (κ2) is 9.11. The lowest BCUT2D eigenvalue weighted by Gasteiger charge is -2.54. The molecule has 30 heavy (non-hydrogen) atoms. The van der Waals surface area contributed by atoms with E-state index in [1.54, 1.807) is 6.92 Å². The molecule has 3 heterocycles. The number of nitrogens with two attached hydrogens (primary N) is 1. The van der Waals surface area contributed by atoms with E-state index in [1.165, 1.54) is 12.8 Å². The zero-order valence-electron chi connectivity index (χ0n) is 18.9. The number of nitrogens with zero attached hydrogens (tertiary/aromatic N) is 3. The van der Waals surface area contributed by atoms with Crippen molar-refractivity contribution in [3.63, 3.8) is 0 Å². The molecule has 0 spiro atoms.